The average molecular weight is 276 g/mol. The van der Waals surface area contributed by atoms with Gasteiger partial charge in [-0.15, -0.1) is 0 Å². The molecule has 0 amide bonds. The van der Waals surface area contributed by atoms with Crippen LogP contribution >= 0.6 is 0 Å². The van der Waals surface area contributed by atoms with Crippen molar-refractivity contribution in [3.8, 4) is 5.75 Å². The minimum Gasteiger partial charge on any atom is -0.507 e. The Morgan fingerprint density at radius 1 is 0.952 bits per heavy atom. The van der Waals surface area contributed by atoms with Gasteiger partial charge in [-0.2, -0.15) is 5.10 Å². The number of phenolic OH excluding ortho intramolecular Hbond substituents is 1. The first-order valence-electron chi connectivity index (χ1n) is 6.81. The molecule has 0 bridgehead atoms. The maximum absolute atomic E-state index is 10.0. The van der Waals surface area contributed by atoms with Gasteiger partial charge in [0.05, 0.1) is 11.9 Å². The van der Waals surface area contributed by atoms with Crippen molar-refractivity contribution in [1.29, 1.82) is 0 Å². The number of para-hydroxylation sites is 1. The van der Waals surface area contributed by atoms with Crippen molar-refractivity contribution in [2.75, 3.05) is 5.43 Å². The molecule has 0 aliphatic carbocycles. The standard InChI is InChI=1S/C18H16N2O/c1-13-6-2-5-9-17(13)20-19-12-16-15-8-4-3-7-14(15)10-11-18(16)21/h2-12,20-21H,1H3/b19-12-. The Hall–Kier alpha value is -2.81. The van der Waals surface area contributed by atoms with E-state index in [0.29, 0.717) is 5.56 Å². The van der Waals surface area contributed by atoms with Crippen LogP contribution in [0, 0.1) is 6.92 Å². The highest BCUT2D eigenvalue weighted by atomic mass is 16.3. The molecule has 0 heterocycles. The fourth-order valence-electron chi connectivity index (χ4n) is 2.28. The molecule has 3 aromatic carbocycles. The predicted octanol–water partition coefficient (Wildman–Crippen LogP) is 4.30. The summed E-state index contributed by atoms with van der Waals surface area (Å²) < 4.78 is 0. The number of rotatable bonds is 3. The minimum atomic E-state index is 0.226. The van der Waals surface area contributed by atoms with Gasteiger partial charge in [-0.3, -0.25) is 5.43 Å². The van der Waals surface area contributed by atoms with Crippen LogP contribution in [-0.2, 0) is 0 Å². The zero-order chi connectivity index (χ0) is 14.7. The highest BCUT2D eigenvalue weighted by Gasteiger charge is 2.04. The van der Waals surface area contributed by atoms with E-state index in [1.54, 1.807) is 12.3 Å². The molecule has 0 spiro atoms. The number of hydrogen-bond acceptors (Lipinski definition) is 3. The fourth-order valence-corrected chi connectivity index (χ4v) is 2.28. The molecule has 3 rings (SSSR count). The lowest BCUT2D eigenvalue weighted by Gasteiger charge is -2.06. The average Bonchev–Trinajstić information content (AvgIpc) is 2.51. The molecular weight excluding hydrogens is 260 g/mol. The molecule has 0 aromatic heterocycles. The van der Waals surface area contributed by atoms with Crippen molar-refractivity contribution < 1.29 is 5.11 Å². The molecule has 0 unspecified atom stereocenters. The van der Waals surface area contributed by atoms with E-state index in [4.69, 9.17) is 0 Å². The second-order valence-electron chi connectivity index (χ2n) is 4.90. The molecule has 0 fully saturated rings. The van der Waals surface area contributed by atoms with Crippen molar-refractivity contribution in [3.05, 3.63) is 71.8 Å². The lowest BCUT2D eigenvalue weighted by atomic mass is 10.0. The van der Waals surface area contributed by atoms with Gasteiger partial charge in [0.15, 0.2) is 0 Å². The number of anilines is 1. The molecular formula is C18H16N2O. The largest absolute Gasteiger partial charge is 0.507 e. The van der Waals surface area contributed by atoms with E-state index in [1.165, 1.54) is 0 Å². The van der Waals surface area contributed by atoms with Crippen LogP contribution in [0.4, 0.5) is 5.69 Å². The van der Waals surface area contributed by atoms with E-state index in [0.717, 1.165) is 22.0 Å². The van der Waals surface area contributed by atoms with Gasteiger partial charge in [0.25, 0.3) is 0 Å². The first-order chi connectivity index (χ1) is 10.3. The molecule has 104 valence electrons. The van der Waals surface area contributed by atoms with E-state index < -0.39 is 0 Å². The fraction of sp³-hybridized carbons (Fsp3) is 0.0556. The van der Waals surface area contributed by atoms with Crippen LogP contribution in [0.5, 0.6) is 5.75 Å². The molecule has 3 nitrogen and oxygen atoms in total. The molecule has 3 aromatic rings. The van der Waals surface area contributed by atoms with Gasteiger partial charge in [-0.1, -0.05) is 48.5 Å². The number of aromatic hydroxyl groups is 1. The summed E-state index contributed by atoms with van der Waals surface area (Å²) in [4.78, 5) is 0. The summed E-state index contributed by atoms with van der Waals surface area (Å²) in [6.07, 6.45) is 1.66. The van der Waals surface area contributed by atoms with Gasteiger partial charge < -0.3 is 5.11 Å². The molecule has 0 aliphatic rings. The highest BCUT2D eigenvalue weighted by Crippen LogP contribution is 2.25. The third-order valence-corrected chi connectivity index (χ3v) is 3.47. The highest BCUT2D eigenvalue weighted by molar-refractivity contribution is 6.02. The van der Waals surface area contributed by atoms with Crippen molar-refractivity contribution in [2.45, 2.75) is 6.92 Å². The Bertz CT molecular complexity index is 809. The Labute approximate surface area is 123 Å². The minimum absolute atomic E-state index is 0.226. The Balaban J connectivity index is 1.93. The zero-order valence-corrected chi connectivity index (χ0v) is 11.7. The second kappa shape index (κ2) is 5.67. The quantitative estimate of drug-likeness (QED) is 0.553. The lowest BCUT2D eigenvalue weighted by molar-refractivity contribution is 0.475. The Kier molecular flexibility index (Phi) is 3.56. The normalized spacial score (nSPS) is 11.1. The third-order valence-electron chi connectivity index (χ3n) is 3.47. The molecule has 2 N–H and O–H groups in total. The van der Waals surface area contributed by atoms with E-state index in [2.05, 4.69) is 10.5 Å². The number of nitrogens with zero attached hydrogens (tertiary/aromatic N) is 1. The van der Waals surface area contributed by atoms with E-state index in [-0.39, 0.29) is 5.75 Å². The van der Waals surface area contributed by atoms with Crippen LogP contribution < -0.4 is 5.43 Å². The van der Waals surface area contributed by atoms with E-state index in [1.807, 2.05) is 61.5 Å². The van der Waals surface area contributed by atoms with Gasteiger partial charge in [-0.05, 0) is 35.4 Å². The SMILES string of the molecule is Cc1ccccc1N/N=C\c1c(O)ccc2ccccc12. The molecule has 0 aliphatic heterocycles. The number of aryl methyl sites for hydroxylation is 1. The Morgan fingerprint density at radius 3 is 2.57 bits per heavy atom. The van der Waals surface area contributed by atoms with E-state index in [9.17, 15) is 5.11 Å². The number of fused-ring (bicyclic) bond motifs is 1. The van der Waals surface area contributed by atoms with Gasteiger partial charge in [0.1, 0.15) is 5.75 Å². The van der Waals surface area contributed by atoms with Crippen LogP contribution in [0.15, 0.2) is 65.8 Å². The third kappa shape index (κ3) is 2.72. The van der Waals surface area contributed by atoms with Gasteiger partial charge >= 0.3 is 0 Å². The van der Waals surface area contributed by atoms with Crippen molar-refractivity contribution in [2.24, 2.45) is 5.10 Å². The monoisotopic (exact) mass is 276 g/mol. The first-order valence-corrected chi connectivity index (χ1v) is 6.81. The second-order valence-corrected chi connectivity index (χ2v) is 4.90. The topological polar surface area (TPSA) is 44.6 Å². The summed E-state index contributed by atoms with van der Waals surface area (Å²) in [5.74, 6) is 0.226. The van der Waals surface area contributed by atoms with Crippen molar-refractivity contribution in [3.63, 3.8) is 0 Å². The summed E-state index contributed by atoms with van der Waals surface area (Å²) >= 11 is 0. The van der Waals surface area contributed by atoms with Gasteiger partial charge in [-0.25, -0.2) is 0 Å². The lowest BCUT2D eigenvalue weighted by Crippen LogP contribution is -1.93. The van der Waals surface area contributed by atoms with Crippen LogP contribution in [-0.4, -0.2) is 11.3 Å². The van der Waals surface area contributed by atoms with Crippen LogP contribution in [0.1, 0.15) is 11.1 Å². The summed E-state index contributed by atoms with van der Waals surface area (Å²) in [5, 5.41) is 16.3. The molecule has 0 saturated carbocycles. The maximum atomic E-state index is 10.0. The number of phenols is 1. The van der Waals surface area contributed by atoms with E-state index >= 15 is 0 Å². The predicted molar refractivity (Wildman–Crippen MR) is 88.0 cm³/mol. The van der Waals surface area contributed by atoms with Gasteiger partial charge in [0, 0.05) is 5.56 Å². The summed E-state index contributed by atoms with van der Waals surface area (Å²) in [6, 6.07) is 19.4. The number of hydrogen-bond donors (Lipinski definition) is 2. The summed E-state index contributed by atoms with van der Waals surface area (Å²) in [5.41, 5.74) is 5.80. The molecule has 0 atom stereocenters. The maximum Gasteiger partial charge on any atom is 0.125 e. The number of benzene rings is 3. The van der Waals surface area contributed by atoms with Crippen LogP contribution in [0.2, 0.25) is 0 Å². The van der Waals surface area contributed by atoms with Crippen LogP contribution in [0.3, 0.4) is 0 Å². The van der Waals surface area contributed by atoms with Crippen LogP contribution in [0.25, 0.3) is 10.8 Å². The molecule has 21 heavy (non-hydrogen) atoms. The van der Waals surface area contributed by atoms with Crippen molar-refractivity contribution >= 4 is 22.7 Å². The summed E-state index contributed by atoms with van der Waals surface area (Å²) in [6.45, 7) is 2.02. The molecule has 3 heteroatoms. The number of hydrazone groups is 1. The van der Waals surface area contributed by atoms with Gasteiger partial charge in [0.2, 0.25) is 0 Å². The summed E-state index contributed by atoms with van der Waals surface area (Å²) in [7, 11) is 0. The number of nitrogens with one attached hydrogen (secondary N) is 1. The zero-order valence-electron chi connectivity index (χ0n) is 11.7. The van der Waals surface area contributed by atoms with Crippen molar-refractivity contribution in [1.82, 2.24) is 0 Å². The molecule has 0 radical (unpaired) electrons. The first kappa shape index (κ1) is 13.2. The smallest absolute Gasteiger partial charge is 0.125 e. The molecule has 0 saturated heterocycles. The Morgan fingerprint density at radius 2 is 1.71 bits per heavy atom.